The number of aromatic nitrogens is 1. The van der Waals surface area contributed by atoms with Crippen LogP contribution in [0, 0.1) is 6.92 Å². The van der Waals surface area contributed by atoms with E-state index in [1.807, 2.05) is 13.0 Å². The van der Waals surface area contributed by atoms with Crippen LogP contribution >= 0.6 is 0 Å². The summed E-state index contributed by atoms with van der Waals surface area (Å²) in [6.07, 6.45) is 3.16. The molecule has 0 spiro atoms. The number of hydrogen-bond donors (Lipinski definition) is 0. The fourth-order valence-corrected chi connectivity index (χ4v) is 3.40. The van der Waals surface area contributed by atoms with E-state index in [0.29, 0.717) is 6.04 Å². The van der Waals surface area contributed by atoms with Gasteiger partial charge in [-0.15, -0.1) is 0 Å². The normalized spacial score (nSPS) is 18.4. The molecule has 3 rings (SSSR count). The van der Waals surface area contributed by atoms with Gasteiger partial charge in [0, 0.05) is 19.1 Å². The van der Waals surface area contributed by atoms with Gasteiger partial charge in [-0.25, -0.2) is 4.98 Å². The highest BCUT2D eigenvalue weighted by atomic mass is 16.5. The first-order valence-electron chi connectivity index (χ1n) is 9.09. The van der Waals surface area contributed by atoms with Gasteiger partial charge >= 0.3 is 0 Å². The maximum absolute atomic E-state index is 5.84. The molecule has 25 heavy (non-hydrogen) atoms. The third kappa shape index (κ3) is 5.06. The minimum atomic E-state index is 0.185. The molecule has 0 aliphatic carbocycles. The lowest BCUT2D eigenvalue weighted by atomic mass is 10.1. The van der Waals surface area contributed by atoms with Gasteiger partial charge in [-0.3, -0.25) is 4.90 Å². The second-order valence-corrected chi connectivity index (χ2v) is 7.29. The van der Waals surface area contributed by atoms with Crippen LogP contribution in [0.1, 0.15) is 37.5 Å². The Hall–Kier alpha value is -1.85. The molecule has 1 aromatic heterocycles. The Kier molecular flexibility index (Phi) is 5.76. The highest BCUT2D eigenvalue weighted by Crippen LogP contribution is 2.22. The van der Waals surface area contributed by atoms with Crippen LogP contribution in [0.5, 0.6) is 5.75 Å². The number of hydrogen-bond acceptors (Lipinski definition) is 5. The molecule has 2 aromatic rings. The van der Waals surface area contributed by atoms with Gasteiger partial charge in [-0.2, -0.15) is 0 Å². The van der Waals surface area contributed by atoms with Crippen LogP contribution in [0.4, 0.5) is 0 Å². The maximum atomic E-state index is 5.84. The summed E-state index contributed by atoms with van der Waals surface area (Å²) in [7, 11) is 2.19. The first-order valence-corrected chi connectivity index (χ1v) is 9.09. The van der Waals surface area contributed by atoms with Gasteiger partial charge in [-0.1, -0.05) is 12.1 Å². The second-order valence-electron chi connectivity index (χ2n) is 7.29. The number of rotatable bonds is 7. The van der Waals surface area contributed by atoms with E-state index in [1.165, 1.54) is 12.0 Å². The van der Waals surface area contributed by atoms with Crippen LogP contribution < -0.4 is 4.74 Å². The van der Waals surface area contributed by atoms with Crippen molar-refractivity contribution in [3.63, 3.8) is 0 Å². The molecule has 0 bridgehead atoms. The molecular weight excluding hydrogens is 314 g/mol. The molecular formula is C20H29N3O2. The van der Waals surface area contributed by atoms with Crippen LogP contribution in [0.2, 0.25) is 0 Å². The van der Waals surface area contributed by atoms with Crippen LogP contribution in [0.25, 0.3) is 0 Å². The molecule has 1 atom stereocenters. The van der Waals surface area contributed by atoms with Gasteiger partial charge < -0.3 is 14.1 Å². The van der Waals surface area contributed by atoms with Crippen LogP contribution in [0.15, 0.2) is 34.9 Å². The zero-order valence-electron chi connectivity index (χ0n) is 15.7. The number of likely N-dealkylation sites (tertiary alicyclic amines) is 1. The Bertz CT molecular complexity index is 683. The lowest BCUT2D eigenvalue weighted by molar-refractivity contribution is 0.163. The minimum absolute atomic E-state index is 0.185. The lowest BCUT2D eigenvalue weighted by Crippen LogP contribution is -2.36. The smallest absolute Gasteiger partial charge is 0.208 e. The first-order chi connectivity index (χ1) is 12.0. The van der Waals surface area contributed by atoms with Gasteiger partial charge in [-0.05, 0) is 58.5 Å². The maximum Gasteiger partial charge on any atom is 0.208 e. The Morgan fingerprint density at radius 1 is 1.36 bits per heavy atom. The minimum Gasteiger partial charge on any atom is -0.491 e. The van der Waals surface area contributed by atoms with Crippen LogP contribution in [0.3, 0.4) is 0 Å². The average Bonchev–Trinajstić information content (AvgIpc) is 3.15. The number of likely N-dealkylation sites (N-methyl/N-ethyl adjacent to an activating group) is 1. The molecule has 0 radical (unpaired) electrons. The predicted molar refractivity (Wildman–Crippen MR) is 98.6 cm³/mol. The molecule has 0 unspecified atom stereocenters. The van der Waals surface area contributed by atoms with Gasteiger partial charge in [0.1, 0.15) is 11.5 Å². The van der Waals surface area contributed by atoms with E-state index < -0.39 is 0 Å². The summed E-state index contributed by atoms with van der Waals surface area (Å²) < 4.78 is 11.6. The molecule has 1 aromatic carbocycles. The summed E-state index contributed by atoms with van der Waals surface area (Å²) in [5, 5.41) is 0. The largest absolute Gasteiger partial charge is 0.491 e. The molecule has 2 heterocycles. The molecule has 1 aliphatic heterocycles. The number of aryl methyl sites for hydroxylation is 1. The van der Waals surface area contributed by atoms with Gasteiger partial charge in [0.2, 0.25) is 5.89 Å². The predicted octanol–water partition coefficient (Wildman–Crippen LogP) is 3.48. The highest BCUT2D eigenvalue weighted by Gasteiger charge is 2.27. The summed E-state index contributed by atoms with van der Waals surface area (Å²) in [6, 6.07) is 8.93. The molecule has 0 amide bonds. The molecule has 5 nitrogen and oxygen atoms in total. The molecule has 0 saturated carbocycles. The van der Waals surface area contributed by atoms with E-state index in [-0.39, 0.29) is 6.10 Å². The van der Waals surface area contributed by atoms with Crippen molar-refractivity contribution >= 4 is 0 Å². The summed E-state index contributed by atoms with van der Waals surface area (Å²) in [5.74, 6) is 2.59. The average molecular weight is 343 g/mol. The first kappa shape index (κ1) is 18.0. The molecule has 136 valence electrons. The summed E-state index contributed by atoms with van der Waals surface area (Å²) in [6.45, 7) is 9.88. The highest BCUT2D eigenvalue weighted by molar-refractivity contribution is 5.28. The number of ether oxygens (including phenoxy) is 1. The van der Waals surface area contributed by atoms with Crippen LogP contribution in [-0.4, -0.2) is 47.1 Å². The number of oxazole rings is 1. The number of nitrogens with zero attached hydrogens (tertiary/aromatic N) is 3. The zero-order chi connectivity index (χ0) is 17.8. The van der Waals surface area contributed by atoms with E-state index >= 15 is 0 Å². The molecule has 5 heteroatoms. The van der Waals surface area contributed by atoms with Crippen molar-refractivity contribution in [2.24, 2.45) is 0 Å². The molecule has 1 aliphatic rings. The topological polar surface area (TPSA) is 41.7 Å². The molecule has 1 fully saturated rings. The third-order valence-electron chi connectivity index (χ3n) is 4.55. The fourth-order valence-electron chi connectivity index (χ4n) is 3.40. The lowest BCUT2D eigenvalue weighted by Gasteiger charge is -2.28. The van der Waals surface area contributed by atoms with E-state index in [1.54, 1.807) is 6.20 Å². The Labute approximate surface area is 150 Å². The van der Waals surface area contributed by atoms with Crippen molar-refractivity contribution in [2.75, 3.05) is 20.1 Å². The van der Waals surface area contributed by atoms with Crippen LogP contribution in [-0.2, 0) is 13.1 Å². The monoisotopic (exact) mass is 343 g/mol. The van der Waals surface area contributed by atoms with E-state index in [2.05, 4.69) is 53.9 Å². The summed E-state index contributed by atoms with van der Waals surface area (Å²) >= 11 is 0. The van der Waals surface area contributed by atoms with E-state index in [4.69, 9.17) is 9.15 Å². The van der Waals surface area contributed by atoms with Crippen molar-refractivity contribution in [3.8, 4) is 5.75 Å². The third-order valence-corrected chi connectivity index (χ3v) is 4.55. The van der Waals surface area contributed by atoms with Crippen molar-refractivity contribution in [2.45, 2.75) is 52.4 Å². The SMILES string of the molecule is Cc1cnc(CN(Cc2cccc(OC(C)C)c2)[C@@H]2CCN(C)C2)o1. The van der Waals surface area contributed by atoms with Gasteiger partial charge in [0.05, 0.1) is 18.8 Å². The fraction of sp³-hybridized carbons (Fsp3) is 0.550. The quantitative estimate of drug-likeness (QED) is 0.770. The van der Waals surface area contributed by atoms with Crippen molar-refractivity contribution in [3.05, 3.63) is 47.7 Å². The molecule has 1 saturated heterocycles. The van der Waals surface area contributed by atoms with Crippen molar-refractivity contribution < 1.29 is 9.15 Å². The Morgan fingerprint density at radius 2 is 2.20 bits per heavy atom. The summed E-state index contributed by atoms with van der Waals surface area (Å²) in [5.41, 5.74) is 1.26. The van der Waals surface area contributed by atoms with Crippen molar-refractivity contribution in [1.82, 2.24) is 14.8 Å². The number of benzene rings is 1. The van der Waals surface area contributed by atoms with E-state index in [0.717, 1.165) is 43.6 Å². The Morgan fingerprint density at radius 3 is 2.84 bits per heavy atom. The van der Waals surface area contributed by atoms with E-state index in [9.17, 15) is 0 Å². The van der Waals surface area contributed by atoms with Gasteiger partial charge in [0.15, 0.2) is 0 Å². The standard InChI is InChI=1S/C20H29N3O2/c1-15(2)24-19-7-5-6-17(10-19)12-23(18-8-9-22(4)13-18)14-20-21-11-16(3)25-20/h5-7,10-11,15,18H,8-9,12-14H2,1-4H3/t18-/m1/s1. The molecule has 0 N–H and O–H groups in total. The summed E-state index contributed by atoms with van der Waals surface area (Å²) in [4.78, 5) is 9.26. The second kappa shape index (κ2) is 8.02. The van der Waals surface area contributed by atoms with Crippen molar-refractivity contribution in [1.29, 1.82) is 0 Å². The zero-order valence-corrected chi connectivity index (χ0v) is 15.7. The Balaban J connectivity index is 1.74. The van der Waals surface area contributed by atoms with Gasteiger partial charge in [0.25, 0.3) is 0 Å².